The summed E-state index contributed by atoms with van der Waals surface area (Å²) in [5, 5.41) is 3.63. The number of carbonyl (C=O) groups is 2. The molecule has 0 aliphatic rings. The molecule has 35 heavy (non-hydrogen) atoms. The Morgan fingerprint density at radius 1 is 1.11 bits per heavy atom. The Balaban J connectivity index is 2.48. The van der Waals surface area contributed by atoms with Crippen molar-refractivity contribution in [2.45, 2.75) is 46.2 Å². The van der Waals surface area contributed by atoms with Crippen molar-refractivity contribution in [1.82, 2.24) is 10.2 Å². The maximum absolute atomic E-state index is 13.6. The van der Waals surface area contributed by atoms with Crippen LogP contribution in [0.2, 0.25) is 10.0 Å². The summed E-state index contributed by atoms with van der Waals surface area (Å²) in [5.41, 5.74) is 1.77. The highest BCUT2D eigenvalue weighted by atomic mass is 79.9. The third-order valence-electron chi connectivity index (χ3n) is 5.40. The Labute approximate surface area is 225 Å². The minimum Gasteiger partial charge on any atom is -0.354 e. The fraction of sp³-hybridized carbons (Fsp3) is 0.417. The number of nitrogens with zero attached hydrogens (tertiary/aromatic N) is 2. The largest absolute Gasteiger partial charge is 0.354 e. The van der Waals surface area contributed by atoms with Crippen LogP contribution in [0.25, 0.3) is 0 Å². The second-order valence-electron chi connectivity index (χ2n) is 8.18. The van der Waals surface area contributed by atoms with E-state index in [9.17, 15) is 18.0 Å². The summed E-state index contributed by atoms with van der Waals surface area (Å²) < 4.78 is 27.2. The first kappa shape index (κ1) is 29.4. The van der Waals surface area contributed by atoms with E-state index < -0.39 is 28.5 Å². The minimum atomic E-state index is -3.80. The Morgan fingerprint density at radius 2 is 1.80 bits per heavy atom. The average Bonchev–Trinajstić information content (AvgIpc) is 2.78. The number of carbonyl (C=O) groups excluding carboxylic acids is 2. The minimum absolute atomic E-state index is 0.0177. The lowest BCUT2D eigenvalue weighted by Crippen LogP contribution is -2.52. The van der Waals surface area contributed by atoms with Crippen molar-refractivity contribution >= 4 is 66.7 Å². The van der Waals surface area contributed by atoms with E-state index >= 15 is 0 Å². The lowest BCUT2D eigenvalue weighted by atomic mass is 10.1. The molecule has 0 fully saturated rings. The molecule has 0 heterocycles. The molecule has 0 aliphatic heterocycles. The molecule has 0 bridgehead atoms. The summed E-state index contributed by atoms with van der Waals surface area (Å²) in [6.07, 6.45) is 2.12. The summed E-state index contributed by atoms with van der Waals surface area (Å²) in [6, 6.07) is 9.12. The molecule has 1 atom stereocenters. The van der Waals surface area contributed by atoms with E-state index in [4.69, 9.17) is 23.2 Å². The smallest absolute Gasteiger partial charge is 0.244 e. The van der Waals surface area contributed by atoms with Gasteiger partial charge in [0, 0.05) is 27.6 Å². The van der Waals surface area contributed by atoms with E-state index in [1.54, 1.807) is 43.3 Å². The molecule has 1 N–H and O–H groups in total. The molecule has 0 radical (unpaired) electrons. The molecule has 0 saturated heterocycles. The summed E-state index contributed by atoms with van der Waals surface area (Å²) in [6.45, 7) is 5.57. The van der Waals surface area contributed by atoms with Crippen LogP contribution in [0.5, 0.6) is 0 Å². The summed E-state index contributed by atoms with van der Waals surface area (Å²) in [5.74, 6) is -0.835. The fourth-order valence-electron chi connectivity index (χ4n) is 3.52. The zero-order valence-electron chi connectivity index (χ0n) is 20.1. The predicted octanol–water partition coefficient (Wildman–Crippen LogP) is 5.16. The number of benzene rings is 2. The quantitative estimate of drug-likeness (QED) is 0.383. The Bertz CT molecular complexity index is 1180. The van der Waals surface area contributed by atoms with Crippen LogP contribution in [-0.4, -0.2) is 50.5 Å². The highest BCUT2D eigenvalue weighted by molar-refractivity contribution is 9.10. The lowest BCUT2D eigenvalue weighted by Gasteiger charge is -2.33. The van der Waals surface area contributed by atoms with Crippen LogP contribution >= 0.6 is 39.1 Å². The third kappa shape index (κ3) is 8.10. The monoisotopic (exact) mass is 605 g/mol. The van der Waals surface area contributed by atoms with Crippen molar-refractivity contribution in [3.63, 3.8) is 0 Å². The van der Waals surface area contributed by atoms with E-state index in [-0.39, 0.29) is 12.5 Å². The van der Waals surface area contributed by atoms with Crippen LogP contribution in [-0.2, 0) is 26.2 Å². The fourth-order valence-corrected chi connectivity index (χ4v) is 5.07. The van der Waals surface area contributed by atoms with E-state index in [0.717, 1.165) is 27.0 Å². The number of rotatable bonds is 11. The first-order valence-electron chi connectivity index (χ1n) is 11.1. The number of hydrogen-bond donors (Lipinski definition) is 1. The second-order valence-corrected chi connectivity index (χ2v) is 11.8. The Morgan fingerprint density at radius 3 is 2.34 bits per heavy atom. The van der Waals surface area contributed by atoms with Gasteiger partial charge in [-0.1, -0.05) is 59.0 Å². The van der Waals surface area contributed by atoms with Gasteiger partial charge in [-0.15, -0.1) is 0 Å². The summed E-state index contributed by atoms with van der Waals surface area (Å²) >= 11 is 15.8. The molecule has 0 aliphatic carbocycles. The van der Waals surface area contributed by atoms with Gasteiger partial charge in [0.2, 0.25) is 21.8 Å². The number of hydrogen-bond acceptors (Lipinski definition) is 4. The molecular formula is C24H30BrCl2N3O4S. The zero-order chi connectivity index (χ0) is 26.3. The van der Waals surface area contributed by atoms with Crippen molar-refractivity contribution in [2.75, 3.05) is 23.7 Å². The van der Waals surface area contributed by atoms with Crippen LogP contribution in [0, 0.1) is 6.92 Å². The topological polar surface area (TPSA) is 86.8 Å². The van der Waals surface area contributed by atoms with Gasteiger partial charge in [0.1, 0.15) is 12.6 Å². The molecule has 2 rings (SSSR count). The highest BCUT2D eigenvalue weighted by Gasteiger charge is 2.32. The SMILES string of the molecule is CCCNC(=O)[C@H](CC)N(Cc1ccc(Cl)cc1Cl)C(=O)CN(c1ccc(Br)c(C)c1)S(C)(=O)=O. The van der Waals surface area contributed by atoms with Crippen molar-refractivity contribution in [3.8, 4) is 0 Å². The molecule has 0 aromatic heterocycles. The van der Waals surface area contributed by atoms with E-state index in [1.807, 2.05) is 13.8 Å². The number of aryl methyl sites for hydroxylation is 1. The highest BCUT2D eigenvalue weighted by Crippen LogP contribution is 2.27. The van der Waals surface area contributed by atoms with E-state index in [0.29, 0.717) is 34.3 Å². The van der Waals surface area contributed by atoms with E-state index in [1.165, 1.54) is 4.90 Å². The van der Waals surface area contributed by atoms with Crippen molar-refractivity contribution in [1.29, 1.82) is 0 Å². The molecule has 0 saturated carbocycles. The molecule has 192 valence electrons. The van der Waals surface area contributed by atoms with Gasteiger partial charge in [-0.3, -0.25) is 13.9 Å². The second kappa shape index (κ2) is 12.9. The molecule has 2 aromatic carbocycles. The Hall–Kier alpha value is -1.81. The summed E-state index contributed by atoms with van der Waals surface area (Å²) in [7, 11) is -3.80. The Kier molecular flexibility index (Phi) is 10.9. The van der Waals surface area contributed by atoms with Gasteiger partial charge in [0.15, 0.2) is 0 Å². The molecule has 2 aromatic rings. The molecule has 7 nitrogen and oxygen atoms in total. The number of amides is 2. The van der Waals surface area contributed by atoms with Gasteiger partial charge in [0.05, 0.1) is 11.9 Å². The van der Waals surface area contributed by atoms with Crippen LogP contribution in [0.15, 0.2) is 40.9 Å². The maximum atomic E-state index is 13.6. The third-order valence-corrected chi connectivity index (χ3v) is 8.02. The number of anilines is 1. The number of nitrogens with one attached hydrogen (secondary N) is 1. The van der Waals surface area contributed by atoms with Gasteiger partial charge in [-0.2, -0.15) is 0 Å². The standard InChI is InChI=1S/C24H30BrCl2N3O4S/c1-5-11-28-24(32)22(6-2)29(14-17-7-8-18(26)13-21(17)27)23(31)15-30(35(4,33)34)19-9-10-20(25)16(3)12-19/h7-10,12-13,22H,5-6,11,14-15H2,1-4H3,(H,28,32)/t22-/m0/s1. The van der Waals surface area contributed by atoms with Crippen LogP contribution in [0.4, 0.5) is 5.69 Å². The first-order valence-corrected chi connectivity index (χ1v) is 14.5. The molecule has 2 amide bonds. The zero-order valence-corrected chi connectivity index (χ0v) is 24.1. The van der Waals surface area contributed by atoms with Crippen molar-refractivity contribution in [2.24, 2.45) is 0 Å². The molecule has 0 spiro atoms. The molecule has 0 unspecified atom stereocenters. The number of sulfonamides is 1. The van der Waals surface area contributed by atoms with Crippen LogP contribution in [0.3, 0.4) is 0 Å². The van der Waals surface area contributed by atoms with Gasteiger partial charge < -0.3 is 10.2 Å². The summed E-state index contributed by atoms with van der Waals surface area (Å²) in [4.78, 5) is 28.0. The predicted molar refractivity (Wildman–Crippen MR) is 145 cm³/mol. The average molecular weight is 607 g/mol. The van der Waals surface area contributed by atoms with E-state index in [2.05, 4.69) is 21.2 Å². The number of halogens is 3. The molecular weight excluding hydrogens is 577 g/mol. The van der Waals surface area contributed by atoms with Crippen LogP contribution in [0.1, 0.15) is 37.8 Å². The van der Waals surface area contributed by atoms with Gasteiger partial charge in [-0.05, 0) is 61.2 Å². The normalized spacial score (nSPS) is 12.2. The molecule has 11 heteroatoms. The first-order chi connectivity index (χ1) is 16.4. The maximum Gasteiger partial charge on any atom is 0.244 e. The van der Waals surface area contributed by atoms with Crippen LogP contribution < -0.4 is 9.62 Å². The van der Waals surface area contributed by atoms with Gasteiger partial charge in [-0.25, -0.2) is 8.42 Å². The van der Waals surface area contributed by atoms with Gasteiger partial charge in [0.25, 0.3) is 0 Å². The van der Waals surface area contributed by atoms with Crippen molar-refractivity contribution < 1.29 is 18.0 Å². The lowest BCUT2D eigenvalue weighted by molar-refractivity contribution is -0.140. The van der Waals surface area contributed by atoms with Gasteiger partial charge >= 0.3 is 0 Å². The van der Waals surface area contributed by atoms with Crippen molar-refractivity contribution in [3.05, 3.63) is 62.0 Å².